The average molecular weight is 473 g/mol. The zero-order valence-corrected chi connectivity index (χ0v) is 19.0. The summed E-state index contributed by atoms with van der Waals surface area (Å²) < 4.78 is 35.2. The summed E-state index contributed by atoms with van der Waals surface area (Å²) in [5, 5.41) is 34.6. The summed E-state index contributed by atoms with van der Waals surface area (Å²) in [5.41, 5.74) is 0. The lowest BCUT2D eigenvalue weighted by atomic mass is 10.3. The number of hydrogen-bond acceptors (Lipinski definition) is 8. The molecule has 0 aromatic rings. The van der Waals surface area contributed by atoms with E-state index in [1.165, 1.54) is 0 Å². The molecule has 0 rings (SSSR count). The Kier molecular flexibility index (Phi) is 19.4. The Bertz CT molecular complexity index is 593. The maximum atomic E-state index is 10.4. The Labute approximate surface area is 184 Å². The smallest absolute Gasteiger partial charge is 0.309 e. The van der Waals surface area contributed by atoms with E-state index >= 15 is 0 Å². The predicted molar refractivity (Wildman–Crippen MR) is 111 cm³/mol. The molecule has 0 fully saturated rings. The van der Waals surface area contributed by atoms with Gasteiger partial charge in [0.25, 0.3) is 0 Å². The molecule has 0 heterocycles. The van der Waals surface area contributed by atoms with Crippen LogP contribution in [0.15, 0.2) is 25.3 Å². The van der Waals surface area contributed by atoms with Gasteiger partial charge in [-0.15, -0.1) is 0 Å². The van der Waals surface area contributed by atoms with E-state index in [2.05, 4.69) is 13.2 Å². The van der Waals surface area contributed by atoms with Crippen LogP contribution in [-0.2, 0) is 20.0 Å². The Hall–Kier alpha value is -1.87. The number of aliphatic hydroxyl groups is 2. The van der Waals surface area contributed by atoms with Gasteiger partial charge in [0.05, 0.1) is 66.3 Å². The van der Waals surface area contributed by atoms with E-state index in [9.17, 15) is 9.59 Å². The first kappa shape index (κ1) is 33.8. The monoisotopic (exact) mass is 472 g/mol. The van der Waals surface area contributed by atoms with Gasteiger partial charge in [0, 0.05) is 10.4 Å². The molecule has 12 nitrogen and oxygen atoms in total. The highest BCUT2D eigenvalue weighted by atomic mass is 32.3. The summed E-state index contributed by atoms with van der Waals surface area (Å²) in [7, 11) is -1.33. The minimum atomic E-state index is -5.17. The minimum Gasteiger partial charge on any atom is -0.759 e. The highest BCUT2D eigenvalue weighted by Crippen LogP contribution is 2.04. The van der Waals surface area contributed by atoms with Crippen LogP contribution in [0.1, 0.15) is 12.8 Å². The lowest BCUT2D eigenvalue weighted by molar-refractivity contribution is -0.903. The highest BCUT2D eigenvalue weighted by Gasteiger charge is 2.20. The minimum absolute atomic E-state index is 0.0734. The summed E-state index contributed by atoms with van der Waals surface area (Å²) in [5.74, 6) is -1.60. The van der Waals surface area contributed by atoms with Crippen LogP contribution in [0.4, 0.5) is 0 Å². The fraction of sp³-hybridized carbons (Fsp3) is 0.667. The molecular weight excluding hydrogens is 436 g/mol. The van der Waals surface area contributed by atoms with Gasteiger partial charge < -0.3 is 38.5 Å². The van der Waals surface area contributed by atoms with E-state index in [0.29, 0.717) is 48.2 Å². The normalized spacial score (nSPS) is 14.4. The third-order valence-electron chi connectivity index (χ3n) is 4.15. The average Bonchev–Trinajstić information content (AvgIpc) is 2.59. The van der Waals surface area contributed by atoms with Crippen LogP contribution in [0, 0.1) is 0 Å². The number of aliphatic carboxylic acids is 2. The first-order chi connectivity index (χ1) is 14.1. The zero-order chi connectivity index (χ0) is 25.1. The highest BCUT2D eigenvalue weighted by molar-refractivity contribution is 7.79. The van der Waals surface area contributed by atoms with Crippen molar-refractivity contribution in [3.63, 3.8) is 0 Å². The van der Waals surface area contributed by atoms with Gasteiger partial charge >= 0.3 is 11.9 Å². The predicted octanol–water partition coefficient (Wildman–Crippen LogP) is -1.17. The van der Waals surface area contributed by atoms with Crippen LogP contribution in [0.2, 0.25) is 0 Å². The summed E-state index contributed by atoms with van der Waals surface area (Å²) in [4.78, 5) is 20.7. The topological polar surface area (TPSA) is 195 Å². The van der Waals surface area contributed by atoms with E-state index in [4.69, 9.17) is 37.9 Å². The van der Waals surface area contributed by atoms with E-state index in [-0.39, 0.29) is 26.1 Å². The Morgan fingerprint density at radius 3 is 1.23 bits per heavy atom. The van der Waals surface area contributed by atoms with Crippen LogP contribution in [-0.4, -0.2) is 125 Å². The zero-order valence-electron chi connectivity index (χ0n) is 18.2. The second-order valence-electron chi connectivity index (χ2n) is 7.22. The summed E-state index contributed by atoms with van der Waals surface area (Å²) in [6, 6.07) is 0. The second-order valence-corrected chi connectivity index (χ2v) is 8.04. The van der Waals surface area contributed by atoms with Crippen LogP contribution in [0.3, 0.4) is 0 Å². The van der Waals surface area contributed by atoms with Crippen LogP contribution < -0.4 is 0 Å². The molecule has 0 aromatic carbocycles. The summed E-state index contributed by atoms with van der Waals surface area (Å²) in [6.45, 7) is 10.9. The van der Waals surface area contributed by atoms with Gasteiger partial charge in [-0.05, 0) is 12.2 Å². The standard InChI is InChI=1S/2C9H17NO3.H2O4S/c2*1-3-5-10(2,7-8-11)6-4-9(12)13;1-5(2,3)4/h2*3,11H,1,4-8H2,2H3;(H2,1,2,3,4). The Morgan fingerprint density at radius 2 is 1.06 bits per heavy atom. The molecular formula is C18H36N2O10S. The molecule has 0 saturated heterocycles. The van der Waals surface area contributed by atoms with Gasteiger partial charge in [0.15, 0.2) is 0 Å². The molecule has 0 aromatic heterocycles. The maximum absolute atomic E-state index is 10.4. The van der Waals surface area contributed by atoms with E-state index in [0.717, 1.165) is 0 Å². The van der Waals surface area contributed by atoms with Gasteiger partial charge in [-0.1, -0.05) is 13.2 Å². The molecule has 0 saturated carbocycles. The van der Waals surface area contributed by atoms with Gasteiger partial charge in [-0.3, -0.25) is 18.0 Å². The number of nitrogens with zero attached hydrogens (tertiary/aromatic N) is 2. The van der Waals surface area contributed by atoms with Gasteiger partial charge in [-0.2, -0.15) is 0 Å². The number of quaternary nitrogens is 2. The van der Waals surface area contributed by atoms with Crippen molar-refractivity contribution in [2.75, 3.05) is 66.6 Å². The quantitative estimate of drug-likeness (QED) is 0.103. The largest absolute Gasteiger partial charge is 0.759 e. The number of likely N-dealkylation sites (N-methyl/N-ethyl adjacent to an activating group) is 2. The Morgan fingerprint density at radius 1 is 0.806 bits per heavy atom. The molecule has 31 heavy (non-hydrogen) atoms. The Balaban J connectivity index is -0.000000416. The molecule has 13 heteroatoms. The fourth-order valence-electron chi connectivity index (χ4n) is 2.43. The first-order valence-electron chi connectivity index (χ1n) is 9.29. The van der Waals surface area contributed by atoms with Crippen LogP contribution in [0.5, 0.6) is 0 Å². The molecule has 4 N–H and O–H groups in total. The molecule has 2 atom stereocenters. The number of rotatable bonds is 14. The molecule has 0 aliphatic carbocycles. The number of carboxylic acid groups (broad SMARTS) is 2. The molecule has 0 spiro atoms. The summed E-state index contributed by atoms with van der Waals surface area (Å²) in [6.07, 6.45) is 3.75. The van der Waals surface area contributed by atoms with Crippen LogP contribution >= 0.6 is 0 Å². The molecule has 0 amide bonds. The van der Waals surface area contributed by atoms with Crippen molar-refractivity contribution in [1.29, 1.82) is 0 Å². The number of carbonyl (C=O) groups is 2. The summed E-state index contributed by atoms with van der Waals surface area (Å²) >= 11 is 0. The third-order valence-corrected chi connectivity index (χ3v) is 4.15. The molecule has 0 radical (unpaired) electrons. The maximum Gasteiger partial charge on any atom is 0.309 e. The third kappa shape index (κ3) is 28.1. The molecule has 0 bridgehead atoms. The second kappa shape index (κ2) is 17.8. The number of hydrogen-bond donors (Lipinski definition) is 4. The first-order valence-corrected chi connectivity index (χ1v) is 10.6. The van der Waals surface area contributed by atoms with Crippen molar-refractivity contribution in [3.8, 4) is 0 Å². The van der Waals surface area contributed by atoms with Crippen LogP contribution in [0.25, 0.3) is 0 Å². The molecule has 0 aliphatic heterocycles. The van der Waals surface area contributed by atoms with Crippen molar-refractivity contribution in [3.05, 3.63) is 25.3 Å². The van der Waals surface area contributed by atoms with E-state index in [1.54, 1.807) is 12.2 Å². The SMILES string of the molecule is C=CC[N+](C)(CCO)CCC(=O)O.C=CC[N+](C)(CCO)CCC(=O)O.O=S(=O)([O-])[O-]. The van der Waals surface area contributed by atoms with Crippen molar-refractivity contribution in [2.45, 2.75) is 12.8 Å². The van der Waals surface area contributed by atoms with Gasteiger partial charge in [0.2, 0.25) is 0 Å². The molecule has 2 unspecified atom stereocenters. The lowest BCUT2D eigenvalue weighted by Gasteiger charge is -2.32. The number of carboxylic acids is 2. The van der Waals surface area contributed by atoms with E-state index in [1.807, 2.05) is 14.1 Å². The van der Waals surface area contributed by atoms with Gasteiger partial charge in [-0.25, -0.2) is 0 Å². The molecule has 184 valence electrons. The van der Waals surface area contributed by atoms with E-state index < -0.39 is 22.3 Å². The van der Waals surface area contributed by atoms with Crippen molar-refractivity contribution < 1.29 is 56.5 Å². The van der Waals surface area contributed by atoms with Crippen molar-refractivity contribution in [2.24, 2.45) is 0 Å². The van der Waals surface area contributed by atoms with Gasteiger partial charge in [0.1, 0.15) is 13.1 Å². The van der Waals surface area contributed by atoms with Crippen molar-refractivity contribution in [1.82, 2.24) is 0 Å². The van der Waals surface area contributed by atoms with Crippen molar-refractivity contribution >= 4 is 22.3 Å². The molecule has 0 aliphatic rings. The fourth-order valence-corrected chi connectivity index (χ4v) is 2.43. The number of aliphatic hydroxyl groups excluding tert-OH is 2. The lowest BCUT2D eigenvalue weighted by Crippen LogP contribution is -2.47.